The lowest BCUT2D eigenvalue weighted by atomic mass is 9.92. The fourth-order valence-corrected chi connectivity index (χ4v) is 6.09. The highest BCUT2D eigenvalue weighted by atomic mass is 16.5. The number of amides is 2. The molecule has 1 saturated carbocycles. The summed E-state index contributed by atoms with van der Waals surface area (Å²) in [5.41, 5.74) is 2.88. The van der Waals surface area contributed by atoms with Crippen LogP contribution in [-0.4, -0.2) is 60.4 Å². The topological polar surface area (TPSA) is 53.1 Å². The third-order valence-corrected chi connectivity index (χ3v) is 8.21. The summed E-state index contributed by atoms with van der Waals surface area (Å²) in [6.07, 6.45) is 7.39. The molecule has 36 heavy (non-hydrogen) atoms. The Bertz CT molecular complexity index is 1080. The van der Waals surface area contributed by atoms with Crippen LogP contribution >= 0.6 is 0 Å². The summed E-state index contributed by atoms with van der Waals surface area (Å²) >= 11 is 0. The quantitative estimate of drug-likeness (QED) is 0.613. The number of methoxy groups -OCH3 is 1. The Labute approximate surface area is 215 Å². The molecular weight excluding hydrogens is 450 g/mol. The Kier molecular flexibility index (Phi) is 7.61. The van der Waals surface area contributed by atoms with Gasteiger partial charge in [0.15, 0.2) is 0 Å². The first-order chi connectivity index (χ1) is 17.5. The molecule has 2 heterocycles. The van der Waals surface area contributed by atoms with Crippen LogP contribution in [0.1, 0.15) is 56.6 Å². The van der Waals surface area contributed by atoms with Crippen LogP contribution in [0.5, 0.6) is 5.75 Å². The number of benzene rings is 2. The van der Waals surface area contributed by atoms with Crippen molar-refractivity contribution in [3.8, 4) is 5.75 Å². The minimum Gasteiger partial charge on any atom is -0.496 e. The predicted octanol–water partition coefficient (Wildman–Crippen LogP) is 4.66. The van der Waals surface area contributed by atoms with Gasteiger partial charge in [-0.3, -0.25) is 14.5 Å². The first kappa shape index (κ1) is 24.8. The van der Waals surface area contributed by atoms with Gasteiger partial charge in [-0.2, -0.15) is 0 Å². The minimum atomic E-state index is 0.0645. The summed E-state index contributed by atoms with van der Waals surface area (Å²) in [4.78, 5) is 33.4. The van der Waals surface area contributed by atoms with Crippen molar-refractivity contribution in [3.05, 3.63) is 59.7 Å². The van der Waals surface area contributed by atoms with E-state index in [0.29, 0.717) is 25.0 Å². The van der Waals surface area contributed by atoms with Crippen LogP contribution in [0.25, 0.3) is 0 Å². The van der Waals surface area contributed by atoms with E-state index in [4.69, 9.17) is 4.74 Å². The number of carbonyl (C=O) groups is 2. The van der Waals surface area contributed by atoms with Crippen molar-refractivity contribution in [2.24, 2.45) is 5.92 Å². The van der Waals surface area contributed by atoms with Crippen molar-refractivity contribution in [3.63, 3.8) is 0 Å². The minimum absolute atomic E-state index is 0.0645. The maximum atomic E-state index is 13.9. The predicted molar refractivity (Wildman–Crippen MR) is 142 cm³/mol. The molecule has 2 atom stereocenters. The molecule has 5 rings (SSSR count). The van der Waals surface area contributed by atoms with E-state index in [-0.39, 0.29) is 11.8 Å². The van der Waals surface area contributed by atoms with Crippen molar-refractivity contribution in [2.45, 2.75) is 70.5 Å². The molecule has 2 aromatic rings. The molecule has 2 aromatic carbocycles. The third kappa shape index (κ3) is 5.59. The summed E-state index contributed by atoms with van der Waals surface area (Å²) in [7, 11) is 1.65. The zero-order valence-electron chi connectivity index (χ0n) is 21.7. The number of hydrogen-bond donors (Lipinski definition) is 0. The number of anilines is 1. The van der Waals surface area contributed by atoms with Gasteiger partial charge in [-0.05, 0) is 55.7 Å². The molecule has 0 aromatic heterocycles. The molecule has 2 fully saturated rings. The highest BCUT2D eigenvalue weighted by molar-refractivity contribution is 5.92. The number of carbonyl (C=O) groups excluding carboxylic acids is 2. The molecule has 0 N–H and O–H groups in total. The molecule has 1 aliphatic carbocycles. The van der Waals surface area contributed by atoms with E-state index in [2.05, 4.69) is 11.0 Å². The second kappa shape index (κ2) is 11.0. The average Bonchev–Trinajstić information content (AvgIpc) is 3.70. The van der Waals surface area contributed by atoms with E-state index in [1.165, 1.54) is 25.7 Å². The highest BCUT2D eigenvalue weighted by Crippen LogP contribution is 2.36. The molecule has 192 valence electrons. The fraction of sp³-hybridized carbons (Fsp3) is 0.533. The van der Waals surface area contributed by atoms with E-state index < -0.39 is 0 Å². The van der Waals surface area contributed by atoms with Crippen LogP contribution in [0.2, 0.25) is 0 Å². The van der Waals surface area contributed by atoms with Gasteiger partial charge in [0.2, 0.25) is 11.8 Å². The van der Waals surface area contributed by atoms with E-state index in [9.17, 15) is 9.59 Å². The summed E-state index contributed by atoms with van der Waals surface area (Å²) in [5, 5.41) is 0. The Morgan fingerprint density at radius 2 is 1.69 bits per heavy atom. The van der Waals surface area contributed by atoms with Gasteiger partial charge in [-0.25, -0.2) is 0 Å². The van der Waals surface area contributed by atoms with Gasteiger partial charge in [0, 0.05) is 56.4 Å². The zero-order valence-corrected chi connectivity index (χ0v) is 21.7. The van der Waals surface area contributed by atoms with Crippen molar-refractivity contribution < 1.29 is 14.3 Å². The summed E-state index contributed by atoms with van der Waals surface area (Å²) in [6, 6.07) is 16.7. The Hall–Kier alpha value is -2.86. The lowest BCUT2D eigenvalue weighted by Gasteiger charge is -2.44. The lowest BCUT2D eigenvalue weighted by molar-refractivity contribution is -0.132. The Morgan fingerprint density at radius 1 is 0.944 bits per heavy atom. The molecule has 2 bridgehead atoms. The maximum absolute atomic E-state index is 13.9. The molecule has 0 radical (unpaired) electrons. The number of fused-ring (bicyclic) bond motifs is 3. The van der Waals surface area contributed by atoms with E-state index >= 15 is 0 Å². The standard InChI is InChI=1S/C30H39N3O3/c1-22(34)32-17-16-26-10-7-11-27(33(26)19-23-14-15-23)21-31(20-25-9-3-5-12-28(25)32)30(35)18-24-8-4-6-13-29(24)36-2/h3-6,8-9,12-13,23,26-27H,7,10-11,14-21H2,1-2H3. The van der Waals surface area contributed by atoms with Crippen LogP contribution in [0.15, 0.2) is 48.5 Å². The summed E-state index contributed by atoms with van der Waals surface area (Å²) in [5.74, 6) is 1.71. The van der Waals surface area contributed by atoms with E-state index in [1.807, 2.05) is 52.3 Å². The highest BCUT2D eigenvalue weighted by Gasteiger charge is 2.37. The van der Waals surface area contributed by atoms with Crippen LogP contribution in [0.4, 0.5) is 5.69 Å². The average molecular weight is 490 g/mol. The first-order valence-electron chi connectivity index (χ1n) is 13.5. The van der Waals surface area contributed by atoms with Crippen LogP contribution in [0, 0.1) is 5.92 Å². The molecular formula is C30H39N3O3. The second-order valence-electron chi connectivity index (χ2n) is 10.7. The van der Waals surface area contributed by atoms with E-state index in [0.717, 1.165) is 61.0 Å². The monoisotopic (exact) mass is 489 g/mol. The normalized spacial score (nSPS) is 22.9. The van der Waals surface area contributed by atoms with Gasteiger partial charge in [-0.15, -0.1) is 0 Å². The van der Waals surface area contributed by atoms with Gasteiger partial charge >= 0.3 is 0 Å². The van der Waals surface area contributed by atoms with E-state index in [1.54, 1.807) is 14.0 Å². The summed E-state index contributed by atoms with van der Waals surface area (Å²) < 4.78 is 5.54. The van der Waals surface area contributed by atoms with Crippen molar-refractivity contribution in [2.75, 3.05) is 31.6 Å². The Morgan fingerprint density at radius 3 is 2.47 bits per heavy atom. The maximum Gasteiger partial charge on any atom is 0.227 e. The van der Waals surface area contributed by atoms with Gasteiger partial charge in [0.05, 0.1) is 13.5 Å². The van der Waals surface area contributed by atoms with Crippen molar-refractivity contribution in [1.82, 2.24) is 9.80 Å². The Balaban J connectivity index is 1.50. The molecule has 2 amide bonds. The number of rotatable bonds is 5. The van der Waals surface area contributed by atoms with Gasteiger partial charge in [0.1, 0.15) is 5.75 Å². The zero-order chi connectivity index (χ0) is 25.1. The van der Waals surface area contributed by atoms with Crippen molar-refractivity contribution in [1.29, 1.82) is 0 Å². The molecule has 0 spiro atoms. The number of piperidine rings is 1. The molecule has 3 aliphatic rings. The second-order valence-corrected chi connectivity index (χ2v) is 10.7. The summed E-state index contributed by atoms with van der Waals surface area (Å²) in [6.45, 7) is 4.74. The third-order valence-electron chi connectivity index (χ3n) is 8.21. The van der Waals surface area contributed by atoms with Gasteiger partial charge < -0.3 is 14.5 Å². The largest absolute Gasteiger partial charge is 0.496 e. The number of para-hydroxylation sites is 2. The number of nitrogens with zero attached hydrogens (tertiary/aromatic N) is 3. The van der Waals surface area contributed by atoms with Crippen molar-refractivity contribution >= 4 is 17.5 Å². The molecule has 2 unspecified atom stereocenters. The molecule has 6 nitrogen and oxygen atoms in total. The van der Waals surface area contributed by atoms with Crippen LogP contribution in [-0.2, 0) is 22.6 Å². The smallest absolute Gasteiger partial charge is 0.227 e. The first-order valence-corrected chi connectivity index (χ1v) is 13.5. The van der Waals surface area contributed by atoms with Gasteiger partial charge in [-0.1, -0.05) is 42.8 Å². The molecule has 1 saturated heterocycles. The number of ether oxygens (including phenoxy) is 1. The van der Waals surface area contributed by atoms with Gasteiger partial charge in [0.25, 0.3) is 0 Å². The lowest BCUT2D eigenvalue weighted by Crippen LogP contribution is -2.53. The van der Waals surface area contributed by atoms with Crippen LogP contribution in [0.3, 0.4) is 0 Å². The molecule has 6 heteroatoms. The molecule has 2 aliphatic heterocycles. The SMILES string of the molecule is COc1ccccc1CC(=O)N1Cc2ccccc2N(C(C)=O)CCC2CCCC(C1)N2CC1CC1. The van der Waals surface area contributed by atoms with Crippen LogP contribution < -0.4 is 9.64 Å². The number of hydrogen-bond acceptors (Lipinski definition) is 4. The fourth-order valence-electron chi connectivity index (χ4n) is 6.09.